The van der Waals surface area contributed by atoms with Gasteiger partial charge in [-0.2, -0.15) is 0 Å². The van der Waals surface area contributed by atoms with Crippen molar-refractivity contribution in [2.24, 2.45) is 0 Å². The van der Waals surface area contributed by atoms with Crippen LogP contribution < -0.4 is 0 Å². The fraction of sp³-hybridized carbons (Fsp3) is 0.125. The predicted octanol–water partition coefficient (Wildman–Crippen LogP) is 4.01. The molecule has 0 unspecified atom stereocenters. The Labute approximate surface area is 95.9 Å². The van der Waals surface area contributed by atoms with Crippen LogP contribution in [0.4, 0.5) is 0 Å². The van der Waals surface area contributed by atoms with Gasteiger partial charge in [0.25, 0.3) is 0 Å². The minimum Gasteiger partial charge on any atom is -0.281 e. The summed E-state index contributed by atoms with van der Waals surface area (Å²) >= 11 is 9.61. The molecule has 0 fully saturated rings. The smallest absolute Gasteiger partial charge is 0.228 e. The van der Waals surface area contributed by atoms with Gasteiger partial charge < -0.3 is 0 Å². The summed E-state index contributed by atoms with van der Waals surface area (Å²) in [5.74, 6) is 0. The molecule has 0 bridgehead atoms. The molecule has 0 aromatic heterocycles. The van der Waals surface area contributed by atoms with E-state index in [0.29, 0.717) is 5.56 Å². The maximum Gasteiger partial charge on any atom is 0.228 e. The molecule has 0 heterocycles. The third-order valence-electron chi connectivity index (χ3n) is 1.39. The molecular weight excluding hydrogens is 352 g/mol. The zero-order chi connectivity index (χ0) is 9.14. The molecule has 12 heavy (non-hydrogen) atoms. The molecule has 0 saturated carbocycles. The van der Waals surface area contributed by atoms with E-state index in [0.717, 1.165) is 5.56 Å². The molecule has 1 aromatic carbocycles. The summed E-state index contributed by atoms with van der Waals surface area (Å²) in [6, 6.07) is 7.34. The summed E-state index contributed by atoms with van der Waals surface area (Å²) in [5, 5.41) is 0. The average molecular weight is 357 g/mol. The van der Waals surface area contributed by atoms with Crippen LogP contribution in [0.15, 0.2) is 24.3 Å². The lowest BCUT2D eigenvalue weighted by atomic mass is 10.2. The number of benzene rings is 1. The lowest BCUT2D eigenvalue weighted by Crippen LogP contribution is -1.88. The molecule has 1 rings (SSSR count). The minimum atomic E-state index is -0.0882. The van der Waals surface area contributed by atoms with Crippen molar-refractivity contribution in [3.05, 3.63) is 35.4 Å². The lowest BCUT2D eigenvalue weighted by Gasteiger charge is -2.01. The summed E-state index contributed by atoms with van der Waals surface area (Å²) in [6.07, 6.45) is 0. The van der Waals surface area contributed by atoms with Gasteiger partial charge in [0.2, 0.25) is 4.69 Å². The Hall–Kier alpha value is 0.330. The van der Waals surface area contributed by atoms with Crippen molar-refractivity contribution in [1.29, 1.82) is 0 Å². The molecule has 0 aliphatic heterocycles. The quantitative estimate of drug-likeness (QED) is 0.578. The van der Waals surface area contributed by atoms with E-state index < -0.39 is 0 Å². The van der Waals surface area contributed by atoms with E-state index in [1.807, 2.05) is 12.1 Å². The van der Waals surface area contributed by atoms with E-state index in [1.165, 1.54) is 0 Å². The van der Waals surface area contributed by atoms with E-state index in [-0.39, 0.29) is 8.43 Å². The first-order chi connectivity index (χ1) is 5.61. The Bertz CT molecular complexity index is 279. The van der Waals surface area contributed by atoms with E-state index in [2.05, 4.69) is 47.8 Å². The Kier molecular flexibility index (Phi) is 3.93. The molecule has 1 nitrogen and oxygen atoms in total. The van der Waals surface area contributed by atoms with Crippen LogP contribution in [0.3, 0.4) is 0 Å². The number of alkyl halides is 2. The fourth-order valence-corrected chi connectivity index (χ4v) is 1.63. The Morgan fingerprint density at radius 1 is 1.17 bits per heavy atom. The highest BCUT2D eigenvalue weighted by Crippen LogP contribution is 2.29. The van der Waals surface area contributed by atoms with Crippen molar-refractivity contribution < 1.29 is 4.79 Å². The topological polar surface area (TPSA) is 17.1 Å². The van der Waals surface area contributed by atoms with Gasteiger partial charge in [-0.15, -0.1) is 0 Å². The third-order valence-corrected chi connectivity index (χ3v) is 2.90. The molecule has 4 heteroatoms. The van der Waals surface area contributed by atoms with Gasteiger partial charge in [0, 0.05) is 5.56 Å². The van der Waals surface area contributed by atoms with Gasteiger partial charge in [0.1, 0.15) is 0 Å². The lowest BCUT2D eigenvalue weighted by molar-refractivity contribution is 0.109. The second-order valence-electron chi connectivity index (χ2n) is 2.20. The summed E-state index contributed by atoms with van der Waals surface area (Å²) < 4.78 is 0.0548. The van der Waals surface area contributed by atoms with E-state index >= 15 is 0 Å². The van der Waals surface area contributed by atoms with Gasteiger partial charge >= 0.3 is 0 Å². The van der Waals surface area contributed by atoms with Gasteiger partial charge in [-0.1, -0.05) is 56.1 Å². The van der Waals surface area contributed by atoms with Crippen LogP contribution in [0.2, 0.25) is 0 Å². The molecule has 0 atom stereocenters. The largest absolute Gasteiger partial charge is 0.281 e. The molecule has 0 aliphatic rings. The summed E-state index contributed by atoms with van der Waals surface area (Å²) in [7, 11) is 0. The number of hydrogen-bond acceptors (Lipinski definition) is 1. The predicted molar refractivity (Wildman–Crippen MR) is 60.3 cm³/mol. The van der Waals surface area contributed by atoms with Crippen molar-refractivity contribution in [2.75, 3.05) is 0 Å². The van der Waals surface area contributed by atoms with Crippen molar-refractivity contribution >= 4 is 52.5 Å². The average Bonchev–Trinajstić information content (AvgIpc) is 2.04. The zero-order valence-corrected chi connectivity index (χ0v) is 10.7. The maximum atomic E-state index is 10.8. The summed E-state index contributed by atoms with van der Waals surface area (Å²) in [4.78, 5) is 10.8. The van der Waals surface area contributed by atoms with Crippen molar-refractivity contribution in [2.45, 2.75) is 3.74 Å². The molecule has 0 spiro atoms. The second-order valence-corrected chi connectivity index (χ2v) is 5.98. The Morgan fingerprint density at radius 2 is 1.67 bits per heavy atom. The Morgan fingerprint density at radius 3 is 2.00 bits per heavy atom. The summed E-state index contributed by atoms with van der Waals surface area (Å²) in [5.41, 5.74) is 1.76. The summed E-state index contributed by atoms with van der Waals surface area (Å²) in [6.45, 7) is 0. The maximum absolute atomic E-state index is 10.8. The van der Waals surface area contributed by atoms with Crippen molar-refractivity contribution in [3.63, 3.8) is 0 Å². The fourth-order valence-electron chi connectivity index (χ4n) is 0.760. The van der Waals surface area contributed by atoms with E-state index in [4.69, 9.17) is 0 Å². The number of carbonyl (C=O) groups is 1. The number of hydrogen-bond donors (Lipinski definition) is 0. The third kappa shape index (κ3) is 2.68. The standard InChI is InChI=1S/C8H5Br3O/c9-7(10)5-1-3-6(4-2-5)8(11)12/h1-4,7H. The highest BCUT2D eigenvalue weighted by Gasteiger charge is 2.03. The van der Waals surface area contributed by atoms with Crippen LogP contribution in [0.5, 0.6) is 0 Å². The number of rotatable bonds is 2. The minimum absolute atomic E-state index is 0.0882. The van der Waals surface area contributed by atoms with Crippen LogP contribution in [0, 0.1) is 0 Å². The van der Waals surface area contributed by atoms with Gasteiger partial charge in [-0.3, -0.25) is 4.79 Å². The van der Waals surface area contributed by atoms with Crippen LogP contribution in [-0.4, -0.2) is 4.69 Å². The highest BCUT2D eigenvalue weighted by atomic mass is 79.9. The van der Waals surface area contributed by atoms with Gasteiger partial charge in [0.15, 0.2) is 0 Å². The highest BCUT2D eigenvalue weighted by molar-refractivity contribution is 9.24. The molecule has 0 N–H and O–H groups in total. The van der Waals surface area contributed by atoms with Crippen LogP contribution in [0.25, 0.3) is 0 Å². The normalized spacial score (nSPS) is 10.3. The van der Waals surface area contributed by atoms with E-state index in [9.17, 15) is 4.79 Å². The molecule has 0 aliphatic carbocycles. The van der Waals surface area contributed by atoms with Gasteiger partial charge in [0.05, 0.1) is 3.74 Å². The molecule has 1 aromatic rings. The molecule has 0 saturated heterocycles. The van der Waals surface area contributed by atoms with Gasteiger partial charge in [-0.25, -0.2) is 0 Å². The molecule has 0 amide bonds. The number of halogens is 3. The molecule has 0 radical (unpaired) electrons. The van der Waals surface area contributed by atoms with Crippen LogP contribution >= 0.6 is 47.8 Å². The monoisotopic (exact) mass is 354 g/mol. The van der Waals surface area contributed by atoms with E-state index in [1.54, 1.807) is 12.1 Å². The van der Waals surface area contributed by atoms with Crippen molar-refractivity contribution in [1.82, 2.24) is 0 Å². The van der Waals surface area contributed by atoms with Crippen LogP contribution in [0.1, 0.15) is 19.7 Å². The van der Waals surface area contributed by atoms with Crippen molar-refractivity contribution in [3.8, 4) is 0 Å². The Balaban J connectivity index is 2.93. The zero-order valence-electron chi connectivity index (χ0n) is 5.93. The SMILES string of the molecule is O=C(Br)c1ccc(C(Br)Br)cc1. The first kappa shape index (κ1) is 10.4. The number of carbonyl (C=O) groups excluding carboxylic acids is 1. The second kappa shape index (κ2) is 4.53. The molecular formula is C8H5Br3O. The first-order valence-electron chi connectivity index (χ1n) is 3.19. The van der Waals surface area contributed by atoms with Crippen LogP contribution in [-0.2, 0) is 0 Å². The molecule has 64 valence electrons. The van der Waals surface area contributed by atoms with Gasteiger partial charge in [-0.05, 0) is 21.5 Å². The first-order valence-corrected chi connectivity index (χ1v) is 5.81.